The Bertz CT molecular complexity index is 562. The van der Waals surface area contributed by atoms with Gasteiger partial charge in [0.05, 0.1) is 6.10 Å². The first-order valence-corrected chi connectivity index (χ1v) is 10.6. The van der Waals surface area contributed by atoms with Crippen LogP contribution in [0.4, 0.5) is 0 Å². The highest BCUT2D eigenvalue weighted by atomic mass is 16.3. The Labute approximate surface area is 169 Å². The topological polar surface area (TPSA) is 94.8 Å². The first-order valence-electron chi connectivity index (χ1n) is 10.6. The quantitative estimate of drug-likeness (QED) is 0.240. The second-order valence-electron chi connectivity index (χ2n) is 7.98. The van der Waals surface area contributed by atoms with Gasteiger partial charge in [-0.15, -0.1) is 6.42 Å². The molecule has 1 aliphatic carbocycles. The lowest BCUT2D eigenvalue weighted by molar-refractivity contribution is -0.122. The summed E-state index contributed by atoms with van der Waals surface area (Å²) in [5.41, 5.74) is -1.17. The van der Waals surface area contributed by atoms with E-state index in [0.717, 1.165) is 38.5 Å². The standard InChI is InChI=1S/C23H36O5/c1-3-5-14-23(28,4-2)15-10-13-20-19(21(26)16-22(20)27)12-9-7-6-8-11-18(25)17-24/h2,10,13,19-20,22,24,27-28H,3,5-9,11-12,14-17H2,1H3/t19-,20-,22-,23?/m1/s1. The lowest BCUT2D eigenvalue weighted by Gasteiger charge is -2.21. The summed E-state index contributed by atoms with van der Waals surface area (Å²) in [6.45, 7) is 1.65. The van der Waals surface area contributed by atoms with Gasteiger partial charge < -0.3 is 15.3 Å². The van der Waals surface area contributed by atoms with E-state index < -0.39 is 18.3 Å². The van der Waals surface area contributed by atoms with Crippen molar-refractivity contribution < 1.29 is 24.9 Å². The average molecular weight is 393 g/mol. The number of carbonyl (C=O) groups is 2. The molecule has 1 unspecified atom stereocenters. The molecular weight excluding hydrogens is 356 g/mol. The predicted octanol–water partition coefficient (Wildman–Crippen LogP) is 2.96. The average Bonchev–Trinajstić information content (AvgIpc) is 2.95. The van der Waals surface area contributed by atoms with Crippen molar-refractivity contribution in [2.24, 2.45) is 11.8 Å². The largest absolute Gasteiger partial charge is 0.392 e. The van der Waals surface area contributed by atoms with Gasteiger partial charge in [-0.3, -0.25) is 9.59 Å². The number of rotatable bonds is 14. The van der Waals surface area contributed by atoms with E-state index in [1.807, 2.05) is 19.1 Å². The van der Waals surface area contributed by atoms with Gasteiger partial charge in [-0.1, -0.05) is 50.7 Å². The van der Waals surface area contributed by atoms with E-state index >= 15 is 0 Å². The minimum Gasteiger partial charge on any atom is -0.392 e. The molecule has 0 aromatic carbocycles. The van der Waals surface area contributed by atoms with E-state index in [-0.39, 0.29) is 29.8 Å². The van der Waals surface area contributed by atoms with Crippen LogP contribution in [0.1, 0.15) is 77.6 Å². The Balaban J connectivity index is 2.49. The molecule has 1 aliphatic rings. The first-order chi connectivity index (χ1) is 13.4. The fraction of sp³-hybridized carbons (Fsp3) is 0.739. The zero-order valence-electron chi connectivity index (χ0n) is 17.1. The van der Waals surface area contributed by atoms with Crippen LogP contribution < -0.4 is 0 Å². The van der Waals surface area contributed by atoms with Crippen molar-refractivity contribution >= 4 is 11.6 Å². The van der Waals surface area contributed by atoms with Crippen LogP contribution in [-0.4, -0.2) is 45.2 Å². The van der Waals surface area contributed by atoms with Crippen LogP contribution in [0.15, 0.2) is 12.2 Å². The molecular formula is C23H36O5. The van der Waals surface area contributed by atoms with Gasteiger partial charge in [0, 0.05) is 31.1 Å². The monoisotopic (exact) mass is 392 g/mol. The summed E-state index contributed by atoms with van der Waals surface area (Å²) in [6, 6.07) is 0. The molecule has 0 heterocycles. The molecule has 3 N–H and O–H groups in total. The molecule has 1 rings (SSSR count). The van der Waals surface area contributed by atoms with Crippen molar-refractivity contribution in [1.82, 2.24) is 0 Å². The van der Waals surface area contributed by atoms with Crippen LogP contribution in [0.5, 0.6) is 0 Å². The smallest absolute Gasteiger partial charge is 0.158 e. The zero-order valence-corrected chi connectivity index (χ0v) is 17.1. The molecule has 0 aliphatic heterocycles. The Hall–Kier alpha value is -1.48. The fourth-order valence-corrected chi connectivity index (χ4v) is 3.83. The number of terminal acetylenes is 1. The van der Waals surface area contributed by atoms with Crippen LogP contribution in [0.3, 0.4) is 0 Å². The molecule has 1 fully saturated rings. The van der Waals surface area contributed by atoms with E-state index in [1.54, 1.807) is 0 Å². The van der Waals surface area contributed by atoms with Gasteiger partial charge in [0.2, 0.25) is 0 Å². The molecule has 0 aromatic rings. The van der Waals surface area contributed by atoms with Crippen LogP contribution in [0.25, 0.3) is 0 Å². The highest BCUT2D eigenvalue weighted by molar-refractivity contribution is 5.84. The molecule has 0 aromatic heterocycles. The molecule has 0 bridgehead atoms. The minimum atomic E-state index is -1.17. The number of Topliss-reactive ketones (excluding diaryl/α,β-unsaturated/α-hetero) is 2. The second-order valence-corrected chi connectivity index (χ2v) is 7.98. The van der Waals surface area contributed by atoms with Crippen molar-refractivity contribution in [3.63, 3.8) is 0 Å². The summed E-state index contributed by atoms with van der Waals surface area (Å²) < 4.78 is 0. The van der Waals surface area contributed by atoms with Crippen LogP contribution in [0.2, 0.25) is 0 Å². The van der Waals surface area contributed by atoms with Crippen LogP contribution >= 0.6 is 0 Å². The van der Waals surface area contributed by atoms with Gasteiger partial charge >= 0.3 is 0 Å². The Morgan fingerprint density at radius 2 is 2.00 bits per heavy atom. The van der Waals surface area contributed by atoms with Crippen LogP contribution in [0, 0.1) is 24.2 Å². The van der Waals surface area contributed by atoms with Gasteiger partial charge in [0.15, 0.2) is 5.78 Å². The number of hydrogen-bond acceptors (Lipinski definition) is 5. The molecule has 158 valence electrons. The normalized spacial score (nSPS) is 24.4. The van der Waals surface area contributed by atoms with E-state index in [1.165, 1.54) is 0 Å². The van der Waals surface area contributed by atoms with Gasteiger partial charge in [0.25, 0.3) is 0 Å². The summed E-state index contributed by atoms with van der Waals surface area (Å²) in [4.78, 5) is 23.3. The molecule has 0 saturated heterocycles. The highest BCUT2D eigenvalue weighted by Crippen LogP contribution is 2.34. The van der Waals surface area contributed by atoms with E-state index in [4.69, 9.17) is 11.5 Å². The van der Waals surface area contributed by atoms with Crippen molar-refractivity contribution in [3.8, 4) is 12.3 Å². The minimum absolute atomic E-state index is 0.0933. The Morgan fingerprint density at radius 3 is 2.64 bits per heavy atom. The Morgan fingerprint density at radius 1 is 1.29 bits per heavy atom. The third-order valence-corrected chi connectivity index (χ3v) is 5.66. The molecule has 1 saturated carbocycles. The van der Waals surface area contributed by atoms with E-state index in [9.17, 15) is 19.8 Å². The molecule has 0 radical (unpaired) electrons. The maximum absolute atomic E-state index is 12.3. The number of ketones is 2. The predicted molar refractivity (Wildman–Crippen MR) is 109 cm³/mol. The number of hydrogen-bond donors (Lipinski definition) is 3. The number of carbonyl (C=O) groups excluding carboxylic acids is 2. The zero-order chi connectivity index (χ0) is 21.0. The third-order valence-electron chi connectivity index (χ3n) is 5.66. The lowest BCUT2D eigenvalue weighted by Crippen LogP contribution is -2.25. The third kappa shape index (κ3) is 8.26. The van der Waals surface area contributed by atoms with Crippen molar-refractivity contribution in [1.29, 1.82) is 0 Å². The highest BCUT2D eigenvalue weighted by Gasteiger charge is 2.39. The van der Waals surface area contributed by atoms with Gasteiger partial charge in [-0.25, -0.2) is 0 Å². The van der Waals surface area contributed by atoms with Gasteiger partial charge in [-0.05, 0) is 25.7 Å². The molecule has 28 heavy (non-hydrogen) atoms. The van der Waals surface area contributed by atoms with Gasteiger partial charge in [-0.2, -0.15) is 0 Å². The SMILES string of the molecule is C#CC(O)(CC=C[C@H]1[C@H](O)CC(=O)[C@@H]1CCCCCCC(=O)CO)CCCC. The van der Waals surface area contributed by atoms with E-state index in [0.29, 0.717) is 25.7 Å². The molecule has 0 amide bonds. The summed E-state index contributed by atoms with van der Waals surface area (Å²) in [5.74, 6) is 2.01. The summed E-state index contributed by atoms with van der Waals surface area (Å²) in [6.07, 6.45) is 15.9. The summed E-state index contributed by atoms with van der Waals surface area (Å²) >= 11 is 0. The molecule has 5 nitrogen and oxygen atoms in total. The Kier molecular flexibility index (Phi) is 11.3. The second kappa shape index (κ2) is 12.9. The summed E-state index contributed by atoms with van der Waals surface area (Å²) in [5, 5.41) is 29.4. The molecule has 0 spiro atoms. The van der Waals surface area contributed by atoms with Crippen molar-refractivity contribution in [3.05, 3.63) is 12.2 Å². The maximum Gasteiger partial charge on any atom is 0.158 e. The van der Waals surface area contributed by atoms with E-state index in [2.05, 4.69) is 5.92 Å². The molecule has 5 heteroatoms. The lowest BCUT2D eigenvalue weighted by atomic mass is 9.87. The van der Waals surface area contributed by atoms with Crippen molar-refractivity contribution in [2.75, 3.05) is 6.61 Å². The van der Waals surface area contributed by atoms with Gasteiger partial charge in [0.1, 0.15) is 18.0 Å². The fourth-order valence-electron chi connectivity index (χ4n) is 3.83. The number of aliphatic hydroxyl groups excluding tert-OH is 2. The molecule has 4 atom stereocenters. The maximum atomic E-state index is 12.3. The summed E-state index contributed by atoms with van der Waals surface area (Å²) in [7, 11) is 0. The van der Waals surface area contributed by atoms with Crippen LogP contribution in [-0.2, 0) is 9.59 Å². The number of unbranched alkanes of at least 4 members (excludes halogenated alkanes) is 4. The first kappa shape index (κ1) is 24.6. The van der Waals surface area contributed by atoms with Crippen molar-refractivity contribution in [2.45, 2.75) is 89.3 Å². The number of aliphatic hydroxyl groups is 3.